The normalized spacial score (nSPS) is 12.9. The van der Waals surface area contributed by atoms with Gasteiger partial charge < -0.3 is 15.6 Å². The predicted molar refractivity (Wildman–Crippen MR) is 54.6 cm³/mol. The standard InChI is InChI=1S/C9H16N4O/c1-6(2)12-8(14)7(3)13-5-4-11-9(13)10/h4-7H,1-3H3,(H2,10,11)(H,12,14). The van der Waals surface area contributed by atoms with Gasteiger partial charge in [0, 0.05) is 18.4 Å². The molecule has 5 heteroatoms. The summed E-state index contributed by atoms with van der Waals surface area (Å²) in [4.78, 5) is 15.4. The molecule has 0 aliphatic rings. The number of aromatic nitrogens is 2. The van der Waals surface area contributed by atoms with E-state index >= 15 is 0 Å². The highest BCUT2D eigenvalue weighted by atomic mass is 16.2. The minimum atomic E-state index is -0.320. The van der Waals surface area contributed by atoms with Crippen LogP contribution in [0.4, 0.5) is 5.95 Å². The highest BCUT2D eigenvalue weighted by Gasteiger charge is 2.16. The van der Waals surface area contributed by atoms with Gasteiger partial charge in [0.2, 0.25) is 11.9 Å². The average Bonchev–Trinajstić information content (AvgIpc) is 2.48. The molecule has 1 rings (SSSR count). The maximum absolute atomic E-state index is 11.6. The van der Waals surface area contributed by atoms with Gasteiger partial charge in [-0.05, 0) is 20.8 Å². The number of carbonyl (C=O) groups is 1. The Balaban J connectivity index is 2.71. The Morgan fingerprint density at radius 1 is 1.57 bits per heavy atom. The van der Waals surface area contributed by atoms with E-state index in [0.717, 1.165) is 0 Å². The number of rotatable bonds is 3. The second-order valence-corrected chi connectivity index (χ2v) is 3.53. The highest BCUT2D eigenvalue weighted by Crippen LogP contribution is 2.10. The molecule has 14 heavy (non-hydrogen) atoms. The van der Waals surface area contributed by atoms with Gasteiger partial charge in [-0.25, -0.2) is 4.98 Å². The molecule has 0 radical (unpaired) electrons. The van der Waals surface area contributed by atoms with Crippen LogP contribution < -0.4 is 11.1 Å². The van der Waals surface area contributed by atoms with Gasteiger partial charge in [-0.2, -0.15) is 0 Å². The van der Waals surface area contributed by atoms with Gasteiger partial charge in [-0.3, -0.25) is 4.79 Å². The van der Waals surface area contributed by atoms with Gasteiger partial charge in [0.15, 0.2) is 0 Å². The molecule has 1 amide bonds. The van der Waals surface area contributed by atoms with E-state index in [4.69, 9.17) is 5.73 Å². The van der Waals surface area contributed by atoms with Crippen LogP contribution in [0.3, 0.4) is 0 Å². The number of carbonyl (C=O) groups excluding carboxylic acids is 1. The molecule has 1 aromatic heterocycles. The van der Waals surface area contributed by atoms with Crippen molar-refractivity contribution < 1.29 is 4.79 Å². The number of nitrogens with two attached hydrogens (primary N) is 1. The third-order valence-electron chi connectivity index (χ3n) is 1.93. The number of anilines is 1. The first-order valence-electron chi connectivity index (χ1n) is 4.61. The number of amides is 1. The fourth-order valence-electron chi connectivity index (χ4n) is 1.18. The van der Waals surface area contributed by atoms with Crippen LogP contribution in [0.25, 0.3) is 0 Å². The van der Waals surface area contributed by atoms with E-state index in [0.29, 0.717) is 5.95 Å². The predicted octanol–water partition coefficient (Wildman–Crippen LogP) is 0.551. The highest BCUT2D eigenvalue weighted by molar-refractivity contribution is 5.80. The third kappa shape index (κ3) is 2.25. The average molecular weight is 196 g/mol. The zero-order chi connectivity index (χ0) is 10.7. The number of imidazole rings is 1. The molecule has 5 nitrogen and oxygen atoms in total. The molecule has 0 saturated heterocycles. The van der Waals surface area contributed by atoms with Crippen molar-refractivity contribution >= 4 is 11.9 Å². The Bertz CT molecular complexity index is 318. The monoisotopic (exact) mass is 196 g/mol. The van der Waals surface area contributed by atoms with Crippen molar-refractivity contribution in [3.8, 4) is 0 Å². The summed E-state index contributed by atoms with van der Waals surface area (Å²) in [6.45, 7) is 5.62. The Morgan fingerprint density at radius 3 is 2.64 bits per heavy atom. The number of hydrogen-bond donors (Lipinski definition) is 2. The molecule has 0 aromatic carbocycles. The molecule has 0 aliphatic carbocycles. The van der Waals surface area contributed by atoms with E-state index in [9.17, 15) is 4.79 Å². The van der Waals surface area contributed by atoms with Gasteiger partial charge in [0.05, 0.1) is 0 Å². The van der Waals surface area contributed by atoms with Crippen LogP contribution in [0, 0.1) is 0 Å². The van der Waals surface area contributed by atoms with E-state index in [2.05, 4.69) is 10.3 Å². The molecule has 1 atom stereocenters. The maximum Gasteiger partial charge on any atom is 0.243 e. The third-order valence-corrected chi connectivity index (χ3v) is 1.93. The zero-order valence-corrected chi connectivity index (χ0v) is 8.69. The first-order valence-corrected chi connectivity index (χ1v) is 4.61. The Morgan fingerprint density at radius 2 is 2.21 bits per heavy atom. The lowest BCUT2D eigenvalue weighted by Gasteiger charge is -2.16. The molecule has 0 bridgehead atoms. The zero-order valence-electron chi connectivity index (χ0n) is 8.69. The molecule has 0 fully saturated rings. The van der Waals surface area contributed by atoms with Gasteiger partial charge in [-0.15, -0.1) is 0 Å². The van der Waals surface area contributed by atoms with Gasteiger partial charge in [-0.1, -0.05) is 0 Å². The first kappa shape index (κ1) is 10.6. The van der Waals surface area contributed by atoms with Crippen LogP contribution in [0.15, 0.2) is 12.4 Å². The Hall–Kier alpha value is -1.52. The SMILES string of the molecule is CC(C)NC(=O)C(C)n1ccnc1N. The minimum absolute atomic E-state index is 0.0512. The van der Waals surface area contributed by atoms with Gasteiger partial charge in [0.25, 0.3) is 0 Å². The fraction of sp³-hybridized carbons (Fsp3) is 0.556. The lowest BCUT2D eigenvalue weighted by Crippen LogP contribution is -2.35. The van der Waals surface area contributed by atoms with E-state index in [1.807, 2.05) is 13.8 Å². The van der Waals surface area contributed by atoms with Crippen LogP contribution in [0.2, 0.25) is 0 Å². The fourth-order valence-corrected chi connectivity index (χ4v) is 1.18. The van der Waals surface area contributed by atoms with E-state index in [1.165, 1.54) is 0 Å². The topological polar surface area (TPSA) is 72.9 Å². The van der Waals surface area contributed by atoms with Crippen LogP contribution >= 0.6 is 0 Å². The summed E-state index contributed by atoms with van der Waals surface area (Å²) in [5.41, 5.74) is 5.58. The van der Waals surface area contributed by atoms with Crippen LogP contribution in [-0.2, 0) is 4.79 Å². The van der Waals surface area contributed by atoms with Crippen LogP contribution in [0.1, 0.15) is 26.8 Å². The summed E-state index contributed by atoms with van der Waals surface area (Å²) in [5.74, 6) is 0.307. The first-order chi connectivity index (χ1) is 6.52. The van der Waals surface area contributed by atoms with Crippen molar-refractivity contribution in [2.45, 2.75) is 32.9 Å². The van der Waals surface area contributed by atoms with E-state index in [-0.39, 0.29) is 18.0 Å². The summed E-state index contributed by atoms with van der Waals surface area (Å²) in [5, 5.41) is 2.81. The summed E-state index contributed by atoms with van der Waals surface area (Å²) < 4.78 is 1.64. The second-order valence-electron chi connectivity index (χ2n) is 3.53. The van der Waals surface area contributed by atoms with Crippen molar-refractivity contribution in [1.29, 1.82) is 0 Å². The molecule has 78 valence electrons. The lowest BCUT2D eigenvalue weighted by molar-refractivity contribution is -0.124. The molecule has 1 unspecified atom stereocenters. The second kappa shape index (κ2) is 4.13. The quantitative estimate of drug-likeness (QED) is 0.741. The Kier molecular flexibility index (Phi) is 3.11. The van der Waals surface area contributed by atoms with Gasteiger partial charge >= 0.3 is 0 Å². The number of nitrogens with one attached hydrogen (secondary N) is 1. The van der Waals surface area contributed by atoms with E-state index in [1.54, 1.807) is 23.9 Å². The largest absolute Gasteiger partial charge is 0.369 e. The van der Waals surface area contributed by atoms with Crippen molar-refractivity contribution in [1.82, 2.24) is 14.9 Å². The number of nitrogens with zero attached hydrogens (tertiary/aromatic N) is 2. The van der Waals surface area contributed by atoms with Gasteiger partial charge in [0.1, 0.15) is 6.04 Å². The van der Waals surface area contributed by atoms with Crippen LogP contribution in [-0.4, -0.2) is 21.5 Å². The molecule has 1 aromatic rings. The molecule has 0 aliphatic heterocycles. The summed E-state index contributed by atoms with van der Waals surface area (Å²) >= 11 is 0. The lowest BCUT2D eigenvalue weighted by atomic mass is 10.3. The summed E-state index contributed by atoms with van der Waals surface area (Å²) in [6, 6.07) is -0.186. The van der Waals surface area contributed by atoms with Crippen molar-refractivity contribution in [3.63, 3.8) is 0 Å². The molecular formula is C9H16N4O. The maximum atomic E-state index is 11.6. The summed E-state index contributed by atoms with van der Waals surface area (Å²) in [6.07, 6.45) is 3.27. The minimum Gasteiger partial charge on any atom is -0.369 e. The van der Waals surface area contributed by atoms with Crippen molar-refractivity contribution in [3.05, 3.63) is 12.4 Å². The molecular weight excluding hydrogens is 180 g/mol. The molecule has 0 spiro atoms. The summed E-state index contributed by atoms with van der Waals surface area (Å²) in [7, 11) is 0. The smallest absolute Gasteiger partial charge is 0.243 e. The van der Waals surface area contributed by atoms with Crippen LogP contribution in [0.5, 0.6) is 0 Å². The van der Waals surface area contributed by atoms with E-state index < -0.39 is 0 Å². The molecule has 0 saturated carbocycles. The number of nitrogen functional groups attached to an aromatic ring is 1. The Labute approximate surface area is 83.3 Å². The molecule has 3 N–H and O–H groups in total. The number of hydrogen-bond acceptors (Lipinski definition) is 3. The van der Waals surface area contributed by atoms with Crippen molar-refractivity contribution in [2.24, 2.45) is 0 Å². The van der Waals surface area contributed by atoms with Crippen molar-refractivity contribution in [2.75, 3.05) is 5.73 Å². The molecule has 1 heterocycles.